The van der Waals surface area contributed by atoms with Crippen LogP contribution in [0.25, 0.3) is 33.2 Å². The van der Waals surface area contributed by atoms with E-state index in [1.807, 2.05) is 30.3 Å². The molecule has 7 heteroatoms. The largest absolute Gasteiger partial charge is 0.353 e. The van der Waals surface area contributed by atoms with Crippen LogP contribution in [0, 0.1) is 0 Å². The molecule has 0 aliphatic heterocycles. The topological polar surface area (TPSA) is 102 Å². The van der Waals surface area contributed by atoms with Gasteiger partial charge in [-0.3, -0.25) is 0 Å². The highest BCUT2D eigenvalue weighted by Gasteiger charge is 2.22. The Labute approximate surface area is 132 Å². The lowest BCUT2D eigenvalue weighted by molar-refractivity contribution is 0.598. The third-order valence-corrected chi connectivity index (χ3v) is 4.72. The molecule has 0 saturated carbocycles. The van der Waals surface area contributed by atoms with Crippen LogP contribution in [0.1, 0.15) is 0 Å². The highest BCUT2D eigenvalue weighted by molar-refractivity contribution is 7.89. The molecule has 0 bridgehead atoms. The van der Waals surface area contributed by atoms with E-state index >= 15 is 0 Å². The quantitative estimate of drug-likeness (QED) is 0.591. The molecule has 0 aliphatic rings. The third-order valence-electron chi connectivity index (χ3n) is 3.73. The second kappa shape index (κ2) is 4.87. The minimum absolute atomic E-state index is 0.0115. The van der Waals surface area contributed by atoms with Gasteiger partial charge in [0.25, 0.3) is 0 Å². The lowest BCUT2D eigenvalue weighted by Crippen LogP contribution is -2.14. The van der Waals surface area contributed by atoms with E-state index in [2.05, 4.69) is 15.0 Å². The van der Waals surface area contributed by atoms with Gasteiger partial charge < -0.3 is 4.98 Å². The fraction of sp³-hybridized carbons (Fsp3) is 0. The number of aromatic nitrogens is 3. The molecule has 0 radical (unpaired) electrons. The summed E-state index contributed by atoms with van der Waals surface area (Å²) in [5.41, 5.74) is 1.70. The van der Waals surface area contributed by atoms with Gasteiger partial charge in [0.15, 0.2) is 5.82 Å². The van der Waals surface area contributed by atoms with E-state index in [0.29, 0.717) is 16.9 Å². The van der Waals surface area contributed by atoms with Crippen LogP contribution in [-0.2, 0) is 10.0 Å². The summed E-state index contributed by atoms with van der Waals surface area (Å²) in [6, 6.07) is 12.8. The monoisotopic (exact) mass is 324 g/mol. The summed E-state index contributed by atoms with van der Waals surface area (Å²) >= 11 is 0. The van der Waals surface area contributed by atoms with Crippen molar-refractivity contribution in [3.05, 3.63) is 54.9 Å². The maximum atomic E-state index is 12.2. The molecular formula is C16H12N4O2S. The van der Waals surface area contributed by atoms with E-state index in [9.17, 15) is 8.42 Å². The first-order valence-corrected chi connectivity index (χ1v) is 8.44. The lowest BCUT2D eigenvalue weighted by Gasteiger charge is -2.08. The lowest BCUT2D eigenvalue weighted by atomic mass is 10.1. The molecule has 0 amide bonds. The number of benzene rings is 2. The summed E-state index contributed by atoms with van der Waals surface area (Å²) in [5.74, 6) is 0.317. The van der Waals surface area contributed by atoms with Gasteiger partial charge in [-0.05, 0) is 18.2 Å². The van der Waals surface area contributed by atoms with Crippen molar-refractivity contribution < 1.29 is 8.42 Å². The number of aromatic amines is 1. The fourth-order valence-corrected chi connectivity index (χ4v) is 3.71. The third kappa shape index (κ3) is 2.18. The molecule has 0 fully saturated rings. The highest BCUT2D eigenvalue weighted by Crippen LogP contribution is 2.34. The molecule has 4 rings (SSSR count). The van der Waals surface area contributed by atoms with Gasteiger partial charge in [0, 0.05) is 34.2 Å². The summed E-state index contributed by atoms with van der Waals surface area (Å²) in [4.78, 5) is 11.4. The van der Waals surface area contributed by atoms with Crippen LogP contribution in [0.15, 0.2) is 59.8 Å². The SMILES string of the molecule is NS(=O)(=O)c1c(-c2ncccn2)ccc2c1[nH]c1ccccc12. The average Bonchev–Trinajstić information content (AvgIpc) is 2.92. The van der Waals surface area contributed by atoms with Crippen LogP contribution in [-0.4, -0.2) is 23.4 Å². The molecule has 23 heavy (non-hydrogen) atoms. The van der Waals surface area contributed by atoms with Gasteiger partial charge >= 0.3 is 0 Å². The van der Waals surface area contributed by atoms with Crippen molar-refractivity contribution in [3.8, 4) is 11.4 Å². The zero-order chi connectivity index (χ0) is 16.0. The Morgan fingerprint density at radius 3 is 2.39 bits per heavy atom. The molecule has 4 aromatic rings. The molecule has 0 saturated heterocycles. The predicted octanol–water partition coefficient (Wildman–Crippen LogP) is 2.43. The van der Waals surface area contributed by atoms with E-state index in [1.54, 1.807) is 24.5 Å². The van der Waals surface area contributed by atoms with Gasteiger partial charge in [0.1, 0.15) is 4.90 Å². The number of nitrogens with two attached hydrogens (primary N) is 1. The van der Waals surface area contributed by atoms with Crippen molar-refractivity contribution in [1.29, 1.82) is 0 Å². The molecule has 2 aromatic heterocycles. The van der Waals surface area contributed by atoms with Crippen molar-refractivity contribution in [3.63, 3.8) is 0 Å². The first kappa shape index (κ1) is 13.9. The molecule has 0 spiro atoms. The summed E-state index contributed by atoms with van der Waals surface area (Å²) in [5, 5.41) is 7.21. The van der Waals surface area contributed by atoms with E-state index < -0.39 is 10.0 Å². The van der Waals surface area contributed by atoms with E-state index in [1.165, 1.54) is 0 Å². The Morgan fingerprint density at radius 1 is 0.913 bits per heavy atom. The molecule has 114 valence electrons. The van der Waals surface area contributed by atoms with Crippen molar-refractivity contribution in [1.82, 2.24) is 15.0 Å². The zero-order valence-electron chi connectivity index (χ0n) is 11.9. The van der Waals surface area contributed by atoms with Crippen molar-refractivity contribution in [2.24, 2.45) is 5.14 Å². The van der Waals surface area contributed by atoms with Crippen molar-refractivity contribution in [2.45, 2.75) is 4.90 Å². The minimum atomic E-state index is -3.97. The number of nitrogens with zero attached hydrogens (tertiary/aromatic N) is 2. The fourth-order valence-electron chi connectivity index (χ4n) is 2.80. The average molecular weight is 324 g/mol. The standard InChI is InChI=1S/C16H12N4O2S/c17-23(21,22)15-12(16-18-8-3-9-19-16)7-6-11-10-4-1-2-5-13(10)20-14(11)15/h1-9,20H,(H2,17,21,22). The number of para-hydroxylation sites is 1. The highest BCUT2D eigenvalue weighted by atomic mass is 32.2. The Morgan fingerprint density at radius 2 is 1.65 bits per heavy atom. The molecule has 3 N–H and O–H groups in total. The normalized spacial score (nSPS) is 12.0. The molecule has 0 aliphatic carbocycles. The second-order valence-corrected chi connectivity index (χ2v) is 6.65. The maximum Gasteiger partial charge on any atom is 0.240 e. The number of H-pyrrole nitrogens is 1. The minimum Gasteiger partial charge on any atom is -0.353 e. The second-order valence-electron chi connectivity index (χ2n) is 5.15. The Hall–Kier alpha value is -2.77. The van der Waals surface area contributed by atoms with Crippen LogP contribution in [0.3, 0.4) is 0 Å². The number of primary sulfonamides is 1. The number of rotatable bonds is 2. The number of hydrogen-bond donors (Lipinski definition) is 2. The smallest absolute Gasteiger partial charge is 0.240 e. The molecule has 0 atom stereocenters. The Kier molecular flexibility index (Phi) is 2.93. The van der Waals surface area contributed by atoms with Crippen molar-refractivity contribution in [2.75, 3.05) is 0 Å². The van der Waals surface area contributed by atoms with E-state index in [-0.39, 0.29) is 4.90 Å². The van der Waals surface area contributed by atoms with E-state index in [0.717, 1.165) is 16.3 Å². The van der Waals surface area contributed by atoms with Crippen LogP contribution < -0.4 is 5.14 Å². The molecule has 6 nitrogen and oxygen atoms in total. The number of sulfonamides is 1. The first-order valence-electron chi connectivity index (χ1n) is 6.89. The zero-order valence-corrected chi connectivity index (χ0v) is 12.7. The van der Waals surface area contributed by atoms with Crippen LogP contribution >= 0.6 is 0 Å². The van der Waals surface area contributed by atoms with Gasteiger partial charge in [-0.1, -0.05) is 24.3 Å². The van der Waals surface area contributed by atoms with Crippen LogP contribution in [0.4, 0.5) is 0 Å². The summed E-state index contributed by atoms with van der Waals surface area (Å²) in [6.45, 7) is 0. The predicted molar refractivity (Wildman–Crippen MR) is 88.2 cm³/mol. The number of fused-ring (bicyclic) bond motifs is 3. The van der Waals surface area contributed by atoms with Gasteiger partial charge in [0.2, 0.25) is 10.0 Å². The molecule has 2 heterocycles. The summed E-state index contributed by atoms with van der Waals surface area (Å²) < 4.78 is 24.4. The Balaban J connectivity index is 2.19. The molecule has 2 aromatic carbocycles. The van der Waals surface area contributed by atoms with Gasteiger partial charge in [0.05, 0.1) is 5.52 Å². The number of hydrogen-bond acceptors (Lipinski definition) is 4. The Bertz CT molecular complexity index is 1130. The van der Waals surface area contributed by atoms with Crippen molar-refractivity contribution >= 4 is 31.8 Å². The summed E-state index contributed by atoms with van der Waals surface area (Å²) in [6.07, 6.45) is 3.12. The molecule has 0 unspecified atom stereocenters. The molecular weight excluding hydrogens is 312 g/mol. The van der Waals surface area contributed by atoms with Crippen LogP contribution in [0.2, 0.25) is 0 Å². The van der Waals surface area contributed by atoms with Gasteiger partial charge in [-0.25, -0.2) is 23.5 Å². The van der Waals surface area contributed by atoms with Gasteiger partial charge in [-0.15, -0.1) is 0 Å². The summed E-state index contributed by atoms with van der Waals surface area (Å²) in [7, 11) is -3.97. The number of nitrogens with one attached hydrogen (secondary N) is 1. The maximum absolute atomic E-state index is 12.2. The van der Waals surface area contributed by atoms with Gasteiger partial charge in [-0.2, -0.15) is 0 Å². The van der Waals surface area contributed by atoms with Crippen LogP contribution in [0.5, 0.6) is 0 Å². The van der Waals surface area contributed by atoms with E-state index in [4.69, 9.17) is 5.14 Å². The first-order chi connectivity index (χ1) is 11.1.